The average Bonchev–Trinajstić information content (AvgIpc) is 3.00. The van der Waals surface area contributed by atoms with E-state index in [2.05, 4.69) is 10.6 Å². The molecule has 2 N–H and O–H groups in total. The van der Waals surface area contributed by atoms with Gasteiger partial charge in [0.2, 0.25) is 5.91 Å². The summed E-state index contributed by atoms with van der Waals surface area (Å²) in [4.78, 5) is 52.8. The fourth-order valence-corrected chi connectivity index (χ4v) is 5.41. The van der Waals surface area contributed by atoms with Gasteiger partial charge in [-0.05, 0) is 55.5 Å². The first kappa shape index (κ1) is 27.7. The number of thioether (sulfide) groups is 1. The summed E-state index contributed by atoms with van der Waals surface area (Å²) in [6.07, 6.45) is 0. The molecule has 9 heteroatoms. The maximum Gasteiger partial charge on any atom is 0.255 e. The maximum atomic E-state index is 13.2. The molecule has 0 aliphatic heterocycles. The number of hydrogen-bond donors (Lipinski definition) is 2. The third-order valence-electron chi connectivity index (χ3n) is 6.65. The lowest BCUT2D eigenvalue weighted by Crippen LogP contribution is -2.27. The number of benzene rings is 4. The number of methoxy groups -OCH3 is 2. The van der Waals surface area contributed by atoms with Crippen LogP contribution in [0, 0.1) is 0 Å². The topological polar surface area (TPSA) is 111 Å². The molecular weight excluding hydrogens is 540 g/mol. The number of ketones is 2. The van der Waals surface area contributed by atoms with Crippen molar-refractivity contribution in [1.82, 2.24) is 0 Å². The van der Waals surface area contributed by atoms with Gasteiger partial charge in [0, 0.05) is 32.8 Å². The van der Waals surface area contributed by atoms with E-state index in [1.54, 1.807) is 79.7 Å². The van der Waals surface area contributed by atoms with Crippen LogP contribution in [0.4, 0.5) is 11.4 Å². The number of carbonyl (C=O) groups is 4. The van der Waals surface area contributed by atoms with Crippen molar-refractivity contribution in [1.29, 1.82) is 0 Å². The van der Waals surface area contributed by atoms with E-state index in [0.29, 0.717) is 39.6 Å². The Hall–Kier alpha value is -4.89. The number of rotatable bonds is 8. The summed E-state index contributed by atoms with van der Waals surface area (Å²) < 4.78 is 10.5. The summed E-state index contributed by atoms with van der Waals surface area (Å²) in [6.45, 7) is 1.75. The largest absolute Gasteiger partial charge is 0.493 e. The molecule has 0 aromatic heterocycles. The van der Waals surface area contributed by atoms with Gasteiger partial charge in [0.1, 0.15) is 0 Å². The van der Waals surface area contributed by atoms with Crippen LogP contribution in [0.25, 0.3) is 0 Å². The van der Waals surface area contributed by atoms with Crippen LogP contribution in [-0.2, 0) is 4.79 Å². The second-order valence-electron chi connectivity index (χ2n) is 9.23. The summed E-state index contributed by atoms with van der Waals surface area (Å²) in [5, 5.41) is 5.17. The summed E-state index contributed by atoms with van der Waals surface area (Å²) in [5.41, 5.74) is 2.48. The maximum absolute atomic E-state index is 13.2. The second-order valence-corrected chi connectivity index (χ2v) is 10.6. The van der Waals surface area contributed by atoms with Crippen molar-refractivity contribution in [2.24, 2.45) is 0 Å². The Morgan fingerprint density at radius 3 is 2.07 bits per heavy atom. The van der Waals surface area contributed by atoms with E-state index < -0.39 is 5.25 Å². The van der Waals surface area contributed by atoms with Crippen molar-refractivity contribution >= 4 is 46.5 Å². The molecule has 0 heterocycles. The Labute approximate surface area is 241 Å². The molecule has 0 spiro atoms. The minimum atomic E-state index is -0.514. The zero-order valence-electron chi connectivity index (χ0n) is 22.5. The molecule has 0 saturated carbocycles. The van der Waals surface area contributed by atoms with Gasteiger partial charge in [-0.2, -0.15) is 0 Å². The van der Waals surface area contributed by atoms with E-state index >= 15 is 0 Å². The number of nitrogens with one attached hydrogen (secondary N) is 2. The second kappa shape index (κ2) is 11.7. The zero-order chi connectivity index (χ0) is 29.1. The third kappa shape index (κ3) is 5.57. The highest BCUT2D eigenvalue weighted by Crippen LogP contribution is 2.33. The van der Waals surface area contributed by atoms with Crippen molar-refractivity contribution in [3.8, 4) is 11.5 Å². The lowest BCUT2D eigenvalue weighted by Gasteiger charge is -2.21. The smallest absolute Gasteiger partial charge is 0.255 e. The third-order valence-corrected chi connectivity index (χ3v) is 7.76. The number of ether oxygens (including phenoxy) is 2. The predicted octanol–water partition coefficient (Wildman–Crippen LogP) is 5.85. The number of anilines is 2. The van der Waals surface area contributed by atoms with Gasteiger partial charge in [-0.25, -0.2) is 0 Å². The molecule has 1 aliphatic carbocycles. The minimum Gasteiger partial charge on any atom is -0.493 e. The number of carbonyl (C=O) groups excluding carboxylic acids is 4. The van der Waals surface area contributed by atoms with Gasteiger partial charge in [-0.1, -0.05) is 36.4 Å². The van der Waals surface area contributed by atoms with Crippen molar-refractivity contribution in [2.45, 2.75) is 17.1 Å². The standard InChI is InChI=1S/C32H26N2O6S/c1-18(31(37)34-25-10-6-9-24-28(25)30(36)23-8-5-4-7-22(23)29(24)35)41-21-14-12-20(13-15-21)33-32(38)19-11-16-26(39-2)27(17-19)40-3/h4-18H,1-3H3,(H,33,38)(H,34,37). The molecular formula is C32H26N2O6S. The van der Waals surface area contributed by atoms with Crippen molar-refractivity contribution in [2.75, 3.05) is 24.9 Å². The molecule has 0 bridgehead atoms. The van der Waals surface area contributed by atoms with E-state index in [0.717, 1.165) is 4.90 Å². The molecule has 41 heavy (non-hydrogen) atoms. The van der Waals surface area contributed by atoms with Crippen molar-refractivity contribution < 1.29 is 28.7 Å². The first-order chi connectivity index (χ1) is 19.8. The zero-order valence-corrected chi connectivity index (χ0v) is 23.3. The van der Waals surface area contributed by atoms with E-state index in [-0.39, 0.29) is 34.5 Å². The first-order valence-electron chi connectivity index (χ1n) is 12.7. The number of fused-ring (bicyclic) bond motifs is 2. The van der Waals surface area contributed by atoms with Gasteiger partial charge in [-0.15, -0.1) is 11.8 Å². The Morgan fingerprint density at radius 2 is 1.39 bits per heavy atom. The summed E-state index contributed by atoms with van der Waals surface area (Å²) in [7, 11) is 3.03. The molecule has 1 aliphatic rings. The highest BCUT2D eigenvalue weighted by atomic mass is 32.2. The average molecular weight is 567 g/mol. The van der Waals surface area contributed by atoms with Crippen LogP contribution < -0.4 is 20.1 Å². The van der Waals surface area contributed by atoms with Crippen LogP contribution in [0.1, 0.15) is 49.1 Å². The highest BCUT2D eigenvalue weighted by Gasteiger charge is 2.32. The van der Waals surface area contributed by atoms with Gasteiger partial charge < -0.3 is 20.1 Å². The van der Waals surface area contributed by atoms with Gasteiger partial charge in [0.05, 0.1) is 30.7 Å². The van der Waals surface area contributed by atoms with E-state index in [1.165, 1.54) is 26.0 Å². The van der Waals surface area contributed by atoms with Crippen LogP contribution in [-0.4, -0.2) is 42.9 Å². The normalized spacial score (nSPS) is 12.6. The van der Waals surface area contributed by atoms with E-state index in [9.17, 15) is 19.2 Å². The lowest BCUT2D eigenvalue weighted by atomic mass is 9.83. The molecule has 0 saturated heterocycles. The molecule has 4 aromatic carbocycles. The summed E-state index contributed by atoms with van der Waals surface area (Å²) in [6, 6.07) is 23.6. The van der Waals surface area contributed by atoms with Crippen LogP contribution in [0.3, 0.4) is 0 Å². The van der Waals surface area contributed by atoms with Crippen molar-refractivity contribution in [3.05, 3.63) is 113 Å². The lowest BCUT2D eigenvalue weighted by molar-refractivity contribution is -0.115. The molecule has 0 fully saturated rings. The quantitative estimate of drug-likeness (QED) is 0.227. The fraction of sp³-hybridized carbons (Fsp3) is 0.125. The SMILES string of the molecule is COc1ccc(C(=O)Nc2ccc(SC(C)C(=O)Nc3cccc4c3C(=O)c3ccccc3C4=O)cc2)cc1OC. The monoisotopic (exact) mass is 566 g/mol. The molecule has 0 radical (unpaired) electrons. The molecule has 4 aromatic rings. The fourth-order valence-electron chi connectivity index (χ4n) is 4.54. The number of amides is 2. The molecule has 2 amide bonds. The highest BCUT2D eigenvalue weighted by molar-refractivity contribution is 8.00. The molecule has 5 rings (SSSR count). The predicted molar refractivity (Wildman–Crippen MR) is 158 cm³/mol. The Morgan fingerprint density at radius 1 is 0.732 bits per heavy atom. The molecule has 8 nitrogen and oxygen atoms in total. The van der Waals surface area contributed by atoms with Gasteiger partial charge in [0.25, 0.3) is 5.91 Å². The van der Waals surface area contributed by atoms with Crippen LogP contribution in [0.2, 0.25) is 0 Å². The van der Waals surface area contributed by atoms with E-state index in [4.69, 9.17) is 9.47 Å². The van der Waals surface area contributed by atoms with E-state index in [1.807, 2.05) is 12.1 Å². The Kier molecular flexibility index (Phi) is 7.89. The Bertz CT molecular complexity index is 1680. The minimum absolute atomic E-state index is 0.205. The summed E-state index contributed by atoms with van der Waals surface area (Å²) >= 11 is 1.32. The van der Waals surface area contributed by atoms with Crippen LogP contribution in [0.5, 0.6) is 11.5 Å². The Balaban J connectivity index is 1.24. The van der Waals surface area contributed by atoms with Gasteiger partial charge in [0.15, 0.2) is 23.1 Å². The first-order valence-corrected chi connectivity index (χ1v) is 13.6. The van der Waals surface area contributed by atoms with Crippen LogP contribution in [0.15, 0.2) is 89.8 Å². The van der Waals surface area contributed by atoms with Gasteiger partial charge in [-0.3, -0.25) is 19.2 Å². The molecule has 1 unspecified atom stereocenters. The molecule has 1 atom stereocenters. The molecule has 206 valence electrons. The van der Waals surface area contributed by atoms with Crippen molar-refractivity contribution in [3.63, 3.8) is 0 Å². The number of hydrogen-bond acceptors (Lipinski definition) is 7. The summed E-state index contributed by atoms with van der Waals surface area (Å²) in [5.74, 6) is -0.171. The van der Waals surface area contributed by atoms with Gasteiger partial charge >= 0.3 is 0 Å². The van der Waals surface area contributed by atoms with Crippen LogP contribution >= 0.6 is 11.8 Å².